The number of aromatic nitrogens is 2. The van der Waals surface area contributed by atoms with Crippen molar-refractivity contribution in [3.63, 3.8) is 0 Å². The minimum Gasteiger partial charge on any atom is -0.455 e. The predicted molar refractivity (Wildman–Crippen MR) is 217 cm³/mol. The first-order chi connectivity index (χ1) is 25.3. The van der Waals surface area contributed by atoms with Crippen molar-refractivity contribution >= 4 is 85.1 Å². The molecule has 0 aliphatic rings. The van der Waals surface area contributed by atoms with Crippen LogP contribution in [0.1, 0.15) is 0 Å². The molecule has 11 rings (SSSR count). The molecule has 0 amide bonds. The number of rotatable bonds is 4. The monoisotopic (exact) mass is 686 g/mol. The molecule has 51 heavy (non-hydrogen) atoms. The average molecular weight is 687 g/mol. The minimum absolute atomic E-state index is 0.724. The highest BCUT2D eigenvalue weighted by Gasteiger charge is 2.18. The van der Waals surface area contributed by atoms with Gasteiger partial charge in [0.25, 0.3) is 0 Å². The quantitative estimate of drug-likeness (QED) is 0.185. The Bertz CT molecular complexity index is 3150. The first kappa shape index (κ1) is 28.7. The molecule has 0 aliphatic heterocycles. The maximum absolute atomic E-state index is 6.42. The second kappa shape index (κ2) is 11.2. The fourth-order valence-electron chi connectivity index (χ4n) is 7.55. The molecule has 3 nitrogen and oxygen atoms in total. The SMILES string of the molecule is c1cc(-c2ccc(-c3cccc4c3sc3ccccc34)cc2)cc(-c2ncc3sc4c(-c5cccc6c5oc5ccccc56)cccc4c3n2)c1. The molecule has 0 N–H and O–H groups in total. The summed E-state index contributed by atoms with van der Waals surface area (Å²) in [6, 6.07) is 53.9. The fraction of sp³-hybridized carbons (Fsp3) is 0. The lowest BCUT2D eigenvalue weighted by Crippen LogP contribution is -1.89. The fourth-order valence-corrected chi connectivity index (χ4v) is 9.93. The molecule has 0 saturated carbocycles. The molecular formula is C46H26N2OS2. The molecule has 4 heterocycles. The van der Waals surface area contributed by atoms with Crippen LogP contribution in [0.2, 0.25) is 0 Å². The number of benzene rings is 7. The van der Waals surface area contributed by atoms with Crippen molar-refractivity contribution in [3.05, 3.63) is 158 Å². The molecule has 11 aromatic rings. The third kappa shape index (κ3) is 4.49. The number of hydrogen-bond donors (Lipinski definition) is 0. The summed E-state index contributed by atoms with van der Waals surface area (Å²) in [4.78, 5) is 10.0. The lowest BCUT2D eigenvalue weighted by Gasteiger charge is -2.08. The molecule has 0 fully saturated rings. The van der Waals surface area contributed by atoms with E-state index in [2.05, 4.69) is 140 Å². The molecule has 0 spiro atoms. The molecule has 0 saturated heterocycles. The second-order valence-electron chi connectivity index (χ2n) is 12.9. The van der Waals surface area contributed by atoms with E-state index in [-0.39, 0.29) is 0 Å². The van der Waals surface area contributed by atoms with Crippen LogP contribution in [0.5, 0.6) is 0 Å². The number of hydrogen-bond acceptors (Lipinski definition) is 5. The first-order valence-electron chi connectivity index (χ1n) is 17.0. The van der Waals surface area contributed by atoms with Crippen LogP contribution in [-0.2, 0) is 0 Å². The van der Waals surface area contributed by atoms with Gasteiger partial charge in [0.05, 0.1) is 10.2 Å². The normalized spacial score (nSPS) is 11.9. The molecule has 238 valence electrons. The molecule has 7 aromatic carbocycles. The van der Waals surface area contributed by atoms with E-state index in [1.54, 1.807) is 11.3 Å². The molecular weight excluding hydrogens is 661 g/mol. The third-order valence-corrected chi connectivity index (χ3v) is 12.4. The van der Waals surface area contributed by atoms with Gasteiger partial charge in [0.15, 0.2) is 5.82 Å². The number of furan rings is 1. The predicted octanol–water partition coefficient (Wildman–Crippen LogP) is 13.8. The molecule has 0 atom stereocenters. The Kier molecular flexibility index (Phi) is 6.29. The maximum Gasteiger partial charge on any atom is 0.159 e. The van der Waals surface area contributed by atoms with Crippen molar-refractivity contribution in [2.45, 2.75) is 0 Å². The molecule has 5 heteroatoms. The minimum atomic E-state index is 0.724. The lowest BCUT2D eigenvalue weighted by atomic mass is 9.98. The van der Waals surface area contributed by atoms with Crippen molar-refractivity contribution in [2.24, 2.45) is 0 Å². The topological polar surface area (TPSA) is 38.9 Å². The number of fused-ring (bicyclic) bond motifs is 9. The van der Waals surface area contributed by atoms with Crippen LogP contribution in [-0.4, -0.2) is 9.97 Å². The van der Waals surface area contributed by atoms with Crippen molar-refractivity contribution < 1.29 is 4.42 Å². The third-order valence-electron chi connectivity index (χ3n) is 9.99. The first-order valence-corrected chi connectivity index (χ1v) is 18.6. The Morgan fingerprint density at radius 2 is 1.08 bits per heavy atom. The van der Waals surface area contributed by atoms with Gasteiger partial charge < -0.3 is 4.42 Å². The van der Waals surface area contributed by atoms with Crippen LogP contribution in [0.25, 0.3) is 107 Å². The van der Waals surface area contributed by atoms with Gasteiger partial charge in [-0.25, -0.2) is 9.97 Å². The summed E-state index contributed by atoms with van der Waals surface area (Å²) >= 11 is 3.61. The summed E-state index contributed by atoms with van der Waals surface area (Å²) in [5, 5.41) is 6.04. The zero-order valence-corrected chi connectivity index (χ0v) is 28.8. The van der Waals surface area contributed by atoms with E-state index in [1.165, 1.54) is 36.0 Å². The highest BCUT2D eigenvalue weighted by Crippen LogP contribution is 2.44. The van der Waals surface area contributed by atoms with E-state index >= 15 is 0 Å². The van der Waals surface area contributed by atoms with Gasteiger partial charge in [0.1, 0.15) is 11.2 Å². The molecule has 0 unspecified atom stereocenters. The summed E-state index contributed by atoms with van der Waals surface area (Å²) < 4.78 is 11.3. The van der Waals surface area contributed by atoms with Crippen LogP contribution >= 0.6 is 22.7 Å². The van der Waals surface area contributed by atoms with Gasteiger partial charge in [0, 0.05) is 63.9 Å². The molecule has 0 aliphatic carbocycles. The smallest absolute Gasteiger partial charge is 0.159 e. The summed E-state index contributed by atoms with van der Waals surface area (Å²) in [6.45, 7) is 0. The maximum atomic E-state index is 6.42. The van der Waals surface area contributed by atoms with Crippen LogP contribution in [0.15, 0.2) is 162 Å². The van der Waals surface area contributed by atoms with Gasteiger partial charge in [-0.3, -0.25) is 0 Å². The Morgan fingerprint density at radius 1 is 0.431 bits per heavy atom. The van der Waals surface area contributed by atoms with Gasteiger partial charge in [-0.05, 0) is 40.5 Å². The van der Waals surface area contributed by atoms with Gasteiger partial charge in [-0.2, -0.15) is 0 Å². The van der Waals surface area contributed by atoms with E-state index < -0.39 is 0 Å². The number of nitrogens with zero attached hydrogens (tertiary/aromatic N) is 2. The Balaban J connectivity index is 0.963. The van der Waals surface area contributed by atoms with Gasteiger partial charge in [0.2, 0.25) is 0 Å². The Labute approximate surface area is 300 Å². The largest absolute Gasteiger partial charge is 0.455 e. The zero-order valence-electron chi connectivity index (χ0n) is 27.1. The van der Waals surface area contributed by atoms with Crippen molar-refractivity contribution in [2.75, 3.05) is 0 Å². The number of thiophene rings is 2. The summed E-state index contributed by atoms with van der Waals surface area (Å²) in [6.07, 6.45) is 1.98. The van der Waals surface area contributed by atoms with E-state index in [9.17, 15) is 0 Å². The van der Waals surface area contributed by atoms with Crippen LogP contribution in [0, 0.1) is 0 Å². The van der Waals surface area contributed by atoms with Crippen molar-refractivity contribution in [3.8, 4) is 44.8 Å². The average Bonchev–Trinajstić information content (AvgIpc) is 3.89. The summed E-state index contributed by atoms with van der Waals surface area (Å²) in [5.41, 5.74) is 10.8. The summed E-state index contributed by atoms with van der Waals surface area (Å²) in [7, 11) is 0. The highest BCUT2D eigenvalue weighted by atomic mass is 32.1. The molecule has 0 bridgehead atoms. The molecule has 4 aromatic heterocycles. The van der Waals surface area contributed by atoms with E-state index in [1.807, 2.05) is 29.7 Å². The highest BCUT2D eigenvalue weighted by molar-refractivity contribution is 7.26. The summed E-state index contributed by atoms with van der Waals surface area (Å²) in [5.74, 6) is 0.724. The molecule has 0 radical (unpaired) electrons. The van der Waals surface area contributed by atoms with Crippen LogP contribution < -0.4 is 0 Å². The van der Waals surface area contributed by atoms with Crippen molar-refractivity contribution in [1.29, 1.82) is 0 Å². The van der Waals surface area contributed by atoms with Gasteiger partial charge in [-0.15, -0.1) is 22.7 Å². The zero-order chi connectivity index (χ0) is 33.5. The standard InChI is InChI=1S/C46H26N2OS2/c1-3-19-39-32(11-1)34-14-7-15-35(43(34)49-39)37-17-8-18-38-42-41(51-45(37)38)26-47-46(48-42)30-10-5-9-29(25-30)27-21-23-28(24-22-27)31-13-6-16-36-33-12-2-4-20-40(33)50-44(31)36/h1-26H. The van der Waals surface area contributed by atoms with E-state index in [0.29, 0.717) is 0 Å². The van der Waals surface area contributed by atoms with Crippen molar-refractivity contribution in [1.82, 2.24) is 9.97 Å². The van der Waals surface area contributed by atoms with Crippen LogP contribution in [0.4, 0.5) is 0 Å². The number of para-hydroxylation sites is 2. The Hall–Kier alpha value is -6.14. The van der Waals surface area contributed by atoms with Crippen LogP contribution in [0.3, 0.4) is 0 Å². The van der Waals surface area contributed by atoms with Gasteiger partial charge >= 0.3 is 0 Å². The van der Waals surface area contributed by atoms with Gasteiger partial charge in [-0.1, -0.05) is 133 Å². The van der Waals surface area contributed by atoms with E-state index in [0.717, 1.165) is 71.2 Å². The second-order valence-corrected chi connectivity index (χ2v) is 15.0. The lowest BCUT2D eigenvalue weighted by molar-refractivity contribution is 0.670. The Morgan fingerprint density at radius 3 is 1.98 bits per heavy atom. The van der Waals surface area contributed by atoms with E-state index in [4.69, 9.17) is 14.4 Å².